The van der Waals surface area contributed by atoms with Crippen LogP contribution in [0.5, 0.6) is 0 Å². The van der Waals surface area contributed by atoms with E-state index in [0.29, 0.717) is 5.56 Å². The first kappa shape index (κ1) is 19.1. The molecule has 4 nitrogen and oxygen atoms in total. The van der Waals surface area contributed by atoms with Crippen molar-refractivity contribution in [3.05, 3.63) is 71.5 Å². The second-order valence-electron chi connectivity index (χ2n) is 7.29. The Bertz CT molecular complexity index is 784. The van der Waals surface area contributed by atoms with E-state index >= 15 is 0 Å². The third kappa shape index (κ3) is 4.73. The largest absolute Gasteiger partial charge is 0.349 e. The Morgan fingerprint density at radius 1 is 1.04 bits per heavy atom. The van der Waals surface area contributed by atoms with Gasteiger partial charge in [0.05, 0.1) is 5.54 Å². The van der Waals surface area contributed by atoms with Crippen LogP contribution in [0.3, 0.4) is 0 Å². The van der Waals surface area contributed by atoms with E-state index in [-0.39, 0.29) is 30.1 Å². The van der Waals surface area contributed by atoms with E-state index in [1.165, 1.54) is 12.1 Å². The fourth-order valence-corrected chi connectivity index (χ4v) is 3.78. The summed E-state index contributed by atoms with van der Waals surface area (Å²) in [6.07, 6.45) is 3.93. The molecule has 2 aromatic rings. The molecule has 0 spiro atoms. The first-order valence-electron chi connectivity index (χ1n) is 9.41. The smallest absolute Gasteiger partial charge is 0.251 e. The highest BCUT2D eigenvalue weighted by molar-refractivity contribution is 5.94. The van der Waals surface area contributed by atoms with Gasteiger partial charge >= 0.3 is 0 Å². The molecule has 2 amide bonds. The molecule has 0 aromatic heterocycles. The van der Waals surface area contributed by atoms with Gasteiger partial charge in [0.15, 0.2) is 0 Å². The minimum atomic E-state index is -0.437. The molecule has 3 rings (SSSR count). The highest BCUT2D eigenvalue weighted by atomic mass is 19.1. The van der Waals surface area contributed by atoms with Crippen LogP contribution < -0.4 is 10.6 Å². The van der Waals surface area contributed by atoms with Crippen LogP contribution in [0.2, 0.25) is 0 Å². The molecule has 1 atom stereocenters. The summed E-state index contributed by atoms with van der Waals surface area (Å²) in [6.45, 7) is 1.82. The fraction of sp³-hybridized carbons (Fsp3) is 0.364. The molecule has 1 aliphatic carbocycles. The molecule has 1 unspecified atom stereocenters. The number of carbonyl (C=O) groups excluding carboxylic acids is 2. The third-order valence-electron chi connectivity index (χ3n) is 5.14. The first-order chi connectivity index (χ1) is 13.0. The maximum atomic E-state index is 13.3. The lowest BCUT2D eigenvalue weighted by atomic mass is 9.88. The zero-order valence-corrected chi connectivity index (χ0v) is 15.5. The van der Waals surface area contributed by atoms with Crippen LogP contribution in [0.1, 0.15) is 54.9 Å². The van der Waals surface area contributed by atoms with Crippen molar-refractivity contribution in [2.24, 2.45) is 0 Å². The van der Waals surface area contributed by atoms with Crippen molar-refractivity contribution in [2.45, 2.75) is 50.6 Å². The summed E-state index contributed by atoms with van der Waals surface area (Å²) in [5.74, 6) is -0.581. The zero-order valence-electron chi connectivity index (χ0n) is 15.5. The number of halogens is 1. The predicted molar refractivity (Wildman–Crippen MR) is 103 cm³/mol. The van der Waals surface area contributed by atoms with Gasteiger partial charge in [-0.05, 0) is 49.6 Å². The van der Waals surface area contributed by atoms with Gasteiger partial charge in [-0.15, -0.1) is 0 Å². The van der Waals surface area contributed by atoms with Crippen LogP contribution in [-0.4, -0.2) is 17.9 Å². The minimum absolute atomic E-state index is 0.109. The Morgan fingerprint density at radius 2 is 1.67 bits per heavy atom. The van der Waals surface area contributed by atoms with E-state index in [1.807, 2.05) is 13.0 Å². The Labute approximate surface area is 159 Å². The van der Waals surface area contributed by atoms with E-state index in [9.17, 15) is 14.0 Å². The number of benzene rings is 2. The van der Waals surface area contributed by atoms with E-state index in [2.05, 4.69) is 10.6 Å². The van der Waals surface area contributed by atoms with Crippen LogP contribution >= 0.6 is 0 Å². The fourth-order valence-electron chi connectivity index (χ4n) is 3.78. The van der Waals surface area contributed by atoms with Crippen LogP contribution in [0, 0.1) is 5.82 Å². The molecule has 2 N–H and O–H groups in total. The molecule has 1 saturated carbocycles. The molecule has 27 heavy (non-hydrogen) atoms. The summed E-state index contributed by atoms with van der Waals surface area (Å²) in [6, 6.07) is 15.0. The van der Waals surface area contributed by atoms with Crippen molar-refractivity contribution < 1.29 is 14.0 Å². The van der Waals surface area contributed by atoms with Crippen molar-refractivity contribution in [2.75, 3.05) is 0 Å². The molecule has 2 aromatic carbocycles. The topological polar surface area (TPSA) is 58.2 Å². The van der Waals surface area contributed by atoms with Gasteiger partial charge in [0.2, 0.25) is 5.91 Å². The molecular weight excluding hydrogens is 343 g/mol. The minimum Gasteiger partial charge on any atom is -0.349 e. The van der Waals surface area contributed by atoms with E-state index in [1.54, 1.807) is 36.4 Å². The molecule has 0 radical (unpaired) electrons. The first-order valence-corrected chi connectivity index (χ1v) is 9.41. The lowest BCUT2D eigenvalue weighted by Crippen LogP contribution is -2.46. The van der Waals surface area contributed by atoms with Gasteiger partial charge in [-0.2, -0.15) is 0 Å². The molecule has 0 bridgehead atoms. The van der Waals surface area contributed by atoms with Crippen molar-refractivity contribution in [1.82, 2.24) is 10.6 Å². The predicted octanol–water partition coefficient (Wildman–Crippen LogP) is 3.92. The third-order valence-corrected chi connectivity index (χ3v) is 5.14. The molecule has 142 valence electrons. The van der Waals surface area contributed by atoms with Crippen molar-refractivity contribution >= 4 is 11.8 Å². The summed E-state index contributed by atoms with van der Waals surface area (Å²) in [5, 5.41) is 6.02. The highest BCUT2D eigenvalue weighted by Crippen LogP contribution is 2.38. The average Bonchev–Trinajstić information content (AvgIpc) is 3.12. The Morgan fingerprint density at radius 3 is 2.30 bits per heavy atom. The maximum Gasteiger partial charge on any atom is 0.251 e. The van der Waals surface area contributed by atoms with Gasteiger partial charge < -0.3 is 10.6 Å². The van der Waals surface area contributed by atoms with Gasteiger partial charge in [0, 0.05) is 18.0 Å². The molecular formula is C22H25FN2O2. The van der Waals surface area contributed by atoms with Crippen molar-refractivity contribution in [1.29, 1.82) is 0 Å². The van der Waals surface area contributed by atoms with Crippen LogP contribution in [0.25, 0.3) is 0 Å². The summed E-state index contributed by atoms with van der Waals surface area (Å²) < 4.78 is 13.3. The molecule has 0 saturated heterocycles. The van der Waals surface area contributed by atoms with Gasteiger partial charge in [0.1, 0.15) is 5.82 Å². The van der Waals surface area contributed by atoms with Gasteiger partial charge in [-0.25, -0.2) is 4.39 Å². The zero-order chi connectivity index (χ0) is 19.3. The molecule has 1 fully saturated rings. The number of carbonyl (C=O) groups is 2. The number of rotatable bonds is 6. The molecule has 5 heteroatoms. The van der Waals surface area contributed by atoms with Crippen LogP contribution in [0.15, 0.2) is 54.6 Å². The molecule has 0 heterocycles. The monoisotopic (exact) mass is 368 g/mol. The lowest BCUT2D eigenvalue weighted by molar-refractivity contribution is -0.123. The van der Waals surface area contributed by atoms with Crippen molar-refractivity contribution in [3.63, 3.8) is 0 Å². The average molecular weight is 368 g/mol. The summed E-state index contributed by atoms with van der Waals surface area (Å²) in [5.41, 5.74) is 1.08. The van der Waals surface area contributed by atoms with Crippen molar-refractivity contribution in [3.8, 4) is 0 Å². The number of nitrogens with one attached hydrogen (secondary N) is 2. The van der Waals surface area contributed by atoms with Gasteiger partial charge in [-0.3, -0.25) is 9.59 Å². The quantitative estimate of drug-likeness (QED) is 0.812. The Balaban J connectivity index is 1.61. The van der Waals surface area contributed by atoms with E-state index in [4.69, 9.17) is 0 Å². The van der Waals surface area contributed by atoms with E-state index in [0.717, 1.165) is 31.2 Å². The SMILES string of the molecule is CC(CC(=O)NC1(c2ccc(F)cc2)CCCC1)NC(=O)c1ccccc1. The summed E-state index contributed by atoms with van der Waals surface area (Å²) in [7, 11) is 0. The second-order valence-corrected chi connectivity index (χ2v) is 7.29. The standard InChI is InChI=1S/C22H25FN2O2/c1-16(24-21(27)17-7-3-2-4-8-17)15-20(26)25-22(13-5-6-14-22)18-9-11-19(23)12-10-18/h2-4,7-12,16H,5-6,13-15H2,1H3,(H,24,27)(H,25,26). The summed E-state index contributed by atoms with van der Waals surface area (Å²) in [4.78, 5) is 24.9. The molecule has 0 aliphatic heterocycles. The second kappa shape index (κ2) is 8.33. The van der Waals surface area contributed by atoms with Gasteiger partial charge in [-0.1, -0.05) is 43.2 Å². The maximum absolute atomic E-state index is 13.3. The number of hydrogen-bond acceptors (Lipinski definition) is 2. The normalized spacial score (nSPS) is 16.5. The number of amides is 2. The van der Waals surface area contributed by atoms with Gasteiger partial charge in [0.25, 0.3) is 5.91 Å². The molecule has 1 aliphatic rings. The van der Waals surface area contributed by atoms with Crippen LogP contribution in [-0.2, 0) is 10.3 Å². The van der Waals surface area contributed by atoms with E-state index < -0.39 is 5.54 Å². The lowest BCUT2D eigenvalue weighted by Gasteiger charge is -2.31. The summed E-state index contributed by atoms with van der Waals surface area (Å²) >= 11 is 0. The highest BCUT2D eigenvalue weighted by Gasteiger charge is 2.37. The number of hydrogen-bond donors (Lipinski definition) is 2. The Hall–Kier alpha value is -2.69. The Kier molecular flexibility index (Phi) is 5.89. The van der Waals surface area contributed by atoms with Crippen LogP contribution in [0.4, 0.5) is 4.39 Å².